The molecule has 1 saturated carbocycles. The Hall–Kier alpha value is -1.55. The van der Waals surface area contributed by atoms with Crippen molar-refractivity contribution in [1.82, 2.24) is 9.80 Å². The molecule has 0 aromatic heterocycles. The zero-order chi connectivity index (χ0) is 21.0. The van der Waals surface area contributed by atoms with Crippen LogP contribution in [-0.4, -0.2) is 55.1 Å². The normalized spacial score (nSPS) is 26.0. The van der Waals surface area contributed by atoms with Crippen LogP contribution < -0.4 is 4.90 Å². The quantitative estimate of drug-likeness (QED) is 0.599. The highest BCUT2D eigenvalue weighted by Crippen LogP contribution is 2.48. The molecule has 0 radical (unpaired) electrons. The van der Waals surface area contributed by atoms with Gasteiger partial charge in [0.25, 0.3) is 0 Å². The highest BCUT2D eigenvalue weighted by molar-refractivity contribution is 5.56. The van der Waals surface area contributed by atoms with Gasteiger partial charge in [-0.05, 0) is 67.9 Å². The van der Waals surface area contributed by atoms with Crippen LogP contribution in [0.2, 0.25) is 0 Å². The van der Waals surface area contributed by atoms with E-state index in [4.69, 9.17) is 0 Å². The molecule has 3 aliphatic rings. The first kappa shape index (κ1) is 21.7. The second-order valence-electron chi connectivity index (χ2n) is 9.88. The van der Waals surface area contributed by atoms with E-state index >= 15 is 0 Å². The number of likely N-dealkylation sites (tertiary alicyclic amines) is 1. The van der Waals surface area contributed by atoms with Crippen molar-refractivity contribution in [2.45, 2.75) is 83.7 Å². The van der Waals surface area contributed by atoms with E-state index in [9.17, 15) is 4.79 Å². The van der Waals surface area contributed by atoms with Crippen molar-refractivity contribution in [1.29, 1.82) is 0 Å². The van der Waals surface area contributed by atoms with E-state index in [-0.39, 0.29) is 0 Å². The molecule has 0 bridgehead atoms. The van der Waals surface area contributed by atoms with Gasteiger partial charge in [-0.25, -0.2) is 0 Å². The number of hydrogen-bond donors (Lipinski definition) is 0. The summed E-state index contributed by atoms with van der Waals surface area (Å²) in [7, 11) is 0. The van der Waals surface area contributed by atoms with Crippen molar-refractivity contribution in [3.05, 3.63) is 29.8 Å². The van der Waals surface area contributed by atoms with E-state index in [0.29, 0.717) is 17.5 Å². The molecule has 30 heavy (non-hydrogen) atoms. The van der Waals surface area contributed by atoms with Crippen LogP contribution in [0.1, 0.15) is 83.1 Å². The lowest BCUT2D eigenvalue weighted by Gasteiger charge is -2.46. The molecule has 3 fully saturated rings. The average molecular weight is 412 g/mol. The maximum absolute atomic E-state index is 11.5. The number of carbonyl (C=O) groups is 1. The van der Waals surface area contributed by atoms with Crippen LogP contribution in [0.4, 0.5) is 5.69 Å². The standard InChI is InChI=1S/C26H41N3O/c1-3-26(4-2)14-12-22(13-15-26)23-9-5-6-10-24(23)27-17-19-28(20-18-27)25-11-7-8-16-29(25)21-30/h5-6,9-10,21-22,25H,3-4,7-8,11-20H2,1-2H3. The van der Waals surface area contributed by atoms with Crippen molar-refractivity contribution in [2.24, 2.45) is 5.41 Å². The number of nitrogens with zero attached hydrogens (tertiary/aromatic N) is 3. The summed E-state index contributed by atoms with van der Waals surface area (Å²) in [5.41, 5.74) is 3.65. The van der Waals surface area contributed by atoms with Crippen LogP contribution in [0.25, 0.3) is 0 Å². The molecule has 1 amide bonds. The molecule has 1 aromatic carbocycles. The smallest absolute Gasteiger partial charge is 0.210 e. The molecule has 1 aliphatic carbocycles. The van der Waals surface area contributed by atoms with Crippen molar-refractivity contribution >= 4 is 12.1 Å². The average Bonchev–Trinajstić information content (AvgIpc) is 2.84. The molecule has 2 saturated heterocycles. The second-order valence-corrected chi connectivity index (χ2v) is 9.88. The highest BCUT2D eigenvalue weighted by atomic mass is 16.1. The van der Waals surface area contributed by atoms with E-state index in [0.717, 1.165) is 52.0 Å². The Bertz CT molecular complexity index is 683. The van der Waals surface area contributed by atoms with E-state index < -0.39 is 0 Å². The SMILES string of the molecule is CCC1(CC)CCC(c2ccccc2N2CCN(C3CCCCN3C=O)CC2)CC1. The predicted molar refractivity (Wildman–Crippen MR) is 125 cm³/mol. The zero-order valence-electron chi connectivity index (χ0n) is 19.2. The van der Waals surface area contributed by atoms with E-state index in [1.807, 2.05) is 4.90 Å². The molecule has 4 rings (SSSR count). The second kappa shape index (κ2) is 9.72. The van der Waals surface area contributed by atoms with E-state index in [1.165, 1.54) is 50.6 Å². The molecule has 1 atom stereocenters. The van der Waals surface area contributed by atoms with Gasteiger partial charge in [0.05, 0.1) is 6.17 Å². The third-order valence-electron chi connectivity index (χ3n) is 8.65. The number of piperazine rings is 1. The predicted octanol–water partition coefficient (Wildman–Crippen LogP) is 5.24. The zero-order valence-corrected chi connectivity index (χ0v) is 19.2. The fourth-order valence-corrected chi connectivity index (χ4v) is 6.33. The topological polar surface area (TPSA) is 26.8 Å². The van der Waals surface area contributed by atoms with Crippen molar-refractivity contribution in [2.75, 3.05) is 37.6 Å². The van der Waals surface area contributed by atoms with Crippen molar-refractivity contribution in [3.8, 4) is 0 Å². The summed E-state index contributed by atoms with van der Waals surface area (Å²) >= 11 is 0. The maximum Gasteiger partial charge on any atom is 0.210 e. The monoisotopic (exact) mass is 411 g/mol. The van der Waals surface area contributed by atoms with Gasteiger partial charge in [0, 0.05) is 38.4 Å². The number of amides is 1. The molecular formula is C26H41N3O. The van der Waals surface area contributed by atoms with Crippen LogP contribution in [0.15, 0.2) is 24.3 Å². The first-order valence-electron chi connectivity index (χ1n) is 12.5. The Morgan fingerprint density at radius 1 is 0.933 bits per heavy atom. The number of piperidine rings is 1. The van der Waals surface area contributed by atoms with Crippen molar-refractivity contribution < 1.29 is 4.79 Å². The van der Waals surface area contributed by atoms with Gasteiger partial charge in [-0.3, -0.25) is 9.69 Å². The lowest BCUT2D eigenvalue weighted by atomic mass is 9.66. The first-order valence-corrected chi connectivity index (χ1v) is 12.5. The third kappa shape index (κ3) is 4.39. The van der Waals surface area contributed by atoms with Crippen LogP contribution in [0, 0.1) is 5.41 Å². The van der Waals surface area contributed by atoms with Gasteiger partial charge < -0.3 is 9.80 Å². The Labute approximate surface area is 183 Å². The van der Waals surface area contributed by atoms with Gasteiger partial charge in [-0.15, -0.1) is 0 Å². The summed E-state index contributed by atoms with van der Waals surface area (Å²) in [6, 6.07) is 9.20. The number of hydrogen-bond acceptors (Lipinski definition) is 3. The molecule has 166 valence electrons. The minimum absolute atomic E-state index is 0.322. The van der Waals surface area contributed by atoms with Gasteiger partial charge in [0.1, 0.15) is 0 Å². The molecule has 2 heterocycles. The summed E-state index contributed by atoms with van der Waals surface area (Å²) in [6.45, 7) is 9.95. The summed E-state index contributed by atoms with van der Waals surface area (Å²) in [5.74, 6) is 0.717. The summed E-state index contributed by atoms with van der Waals surface area (Å²) in [5, 5.41) is 0. The molecule has 0 spiro atoms. The van der Waals surface area contributed by atoms with Crippen LogP contribution >= 0.6 is 0 Å². The number of anilines is 1. The Morgan fingerprint density at radius 2 is 1.63 bits per heavy atom. The number of para-hydroxylation sites is 1. The van der Waals surface area contributed by atoms with Crippen LogP contribution in [0.3, 0.4) is 0 Å². The minimum atomic E-state index is 0.322. The fraction of sp³-hybridized carbons (Fsp3) is 0.731. The van der Waals surface area contributed by atoms with Crippen LogP contribution in [-0.2, 0) is 4.79 Å². The third-order valence-corrected chi connectivity index (χ3v) is 8.65. The summed E-state index contributed by atoms with van der Waals surface area (Å²) < 4.78 is 0. The van der Waals surface area contributed by atoms with E-state index in [2.05, 4.69) is 47.9 Å². The molecule has 0 N–H and O–H groups in total. The molecule has 4 heteroatoms. The lowest BCUT2D eigenvalue weighted by Crippen LogP contribution is -2.57. The van der Waals surface area contributed by atoms with Gasteiger partial charge in [-0.1, -0.05) is 44.9 Å². The minimum Gasteiger partial charge on any atom is -0.369 e. The molecule has 4 nitrogen and oxygen atoms in total. The summed E-state index contributed by atoms with van der Waals surface area (Å²) in [6.07, 6.45) is 13.0. The van der Waals surface area contributed by atoms with Crippen LogP contribution in [0.5, 0.6) is 0 Å². The van der Waals surface area contributed by atoms with Gasteiger partial charge in [0.2, 0.25) is 6.41 Å². The Kier molecular flexibility index (Phi) is 7.02. The number of carbonyl (C=O) groups excluding carboxylic acids is 1. The maximum atomic E-state index is 11.5. The Morgan fingerprint density at radius 3 is 2.30 bits per heavy atom. The van der Waals surface area contributed by atoms with Gasteiger partial charge in [-0.2, -0.15) is 0 Å². The van der Waals surface area contributed by atoms with Gasteiger partial charge >= 0.3 is 0 Å². The molecule has 1 aromatic rings. The van der Waals surface area contributed by atoms with E-state index in [1.54, 1.807) is 5.56 Å². The Balaban J connectivity index is 1.41. The molecule has 1 unspecified atom stereocenters. The summed E-state index contributed by atoms with van der Waals surface area (Å²) in [4.78, 5) is 18.7. The number of benzene rings is 1. The van der Waals surface area contributed by atoms with Gasteiger partial charge in [0.15, 0.2) is 0 Å². The fourth-order valence-electron chi connectivity index (χ4n) is 6.33. The largest absolute Gasteiger partial charge is 0.369 e. The highest BCUT2D eigenvalue weighted by Gasteiger charge is 2.34. The van der Waals surface area contributed by atoms with Crippen molar-refractivity contribution in [3.63, 3.8) is 0 Å². The molecule has 2 aliphatic heterocycles. The first-order chi connectivity index (χ1) is 14.7. The lowest BCUT2D eigenvalue weighted by molar-refractivity contribution is -0.126. The molecular weight excluding hydrogens is 370 g/mol. The number of rotatable bonds is 6.